The Bertz CT molecular complexity index is 618. The summed E-state index contributed by atoms with van der Waals surface area (Å²) in [7, 11) is 5.36. The van der Waals surface area contributed by atoms with Gasteiger partial charge in [0, 0.05) is 39.9 Å². The van der Waals surface area contributed by atoms with Gasteiger partial charge in [-0.05, 0) is 25.1 Å². The molecule has 1 aliphatic heterocycles. The average Bonchev–Trinajstić information content (AvgIpc) is 2.60. The van der Waals surface area contributed by atoms with E-state index in [0.29, 0.717) is 38.3 Å². The molecule has 1 aromatic rings. The van der Waals surface area contributed by atoms with E-state index >= 15 is 0 Å². The summed E-state index contributed by atoms with van der Waals surface area (Å²) >= 11 is 0. The molecule has 0 spiro atoms. The predicted octanol–water partition coefficient (Wildman–Crippen LogP) is 1.13. The zero-order valence-electron chi connectivity index (χ0n) is 15.4. The minimum Gasteiger partial charge on any atom is -0.489 e. The van der Waals surface area contributed by atoms with Gasteiger partial charge in [-0.1, -0.05) is 0 Å². The first-order chi connectivity index (χ1) is 11.9. The van der Waals surface area contributed by atoms with Crippen LogP contribution in [0.3, 0.4) is 0 Å². The smallest absolute Gasteiger partial charge is 0.253 e. The maximum Gasteiger partial charge on any atom is 0.253 e. The number of likely N-dealkylation sites (N-methyl/N-ethyl adjacent to an activating group) is 1. The molecule has 0 bridgehead atoms. The average molecular weight is 349 g/mol. The molecule has 0 fully saturated rings. The van der Waals surface area contributed by atoms with Crippen molar-refractivity contribution in [1.29, 1.82) is 0 Å². The molecule has 1 unspecified atom stereocenters. The zero-order valence-corrected chi connectivity index (χ0v) is 15.4. The Hall–Kier alpha value is -2.28. The molecular weight excluding hydrogens is 322 g/mol. The van der Waals surface area contributed by atoms with Crippen LogP contribution in [0.2, 0.25) is 0 Å². The van der Waals surface area contributed by atoms with Crippen molar-refractivity contribution in [3.63, 3.8) is 0 Å². The predicted molar refractivity (Wildman–Crippen MR) is 96.3 cm³/mol. The van der Waals surface area contributed by atoms with Crippen molar-refractivity contribution in [2.75, 3.05) is 52.4 Å². The van der Waals surface area contributed by atoms with Gasteiger partial charge in [-0.25, -0.2) is 0 Å². The lowest BCUT2D eigenvalue weighted by molar-refractivity contribution is -0.121. The number of hydrogen-bond donors (Lipinski definition) is 1. The maximum absolute atomic E-state index is 12.2. The molecule has 0 saturated carbocycles. The zero-order chi connectivity index (χ0) is 18.4. The third-order valence-corrected chi connectivity index (χ3v) is 4.16. The van der Waals surface area contributed by atoms with Crippen molar-refractivity contribution in [2.45, 2.75) is 19.4 Å². The number of rotatable bonds is 7. The summed E-state index contributed by atoms with van der Waals surface area (Å²) in [5.41, 5.74) is 1.42. The number of carbonyl (C=O) groups excluding carboxylic acids is 2. The van der Waals surface area contributed by atoms with Gasteiger partial charge in [-0.15, -0.1) is 0 Å². The lowest BCUT2D eigenvalue weighted by Gasteiger charge is -2.35. The molecule has 1 aromatic carbocycles. The van der Waals surface area contributed by atoms with Gasteiger partial charge in [0.15, 0.2) is 0 Å². The Morgan fingerprint density at radius 2 is 2.16 bits per heavy atom. The van der Waals surface area contributed by atoms with Crippen molar-refractivity contribution in [3.05, 3.63) is 23.8 Å². The number of hydrogen-bond acceptors (Lipinski definition) is 5. The fourth-order valence-corrected chi connectivity index (χ4v) is 2.69. The van der Waals surface area contributed by atoms with Crippen LogP contribution in [0.1, 0.15) is 23.7 Å². The molecule has 0 aromatic heterocycles. The van der Waals surface area contributed by atoms with Crippen molar-refractivity contribution >= 4 is 17.5 Å². The molecule has 2 amide bonds. The molecule has 0 aliphatic carbocycles. The normalized spacial score (nSPS) is 16.0. The highest BCUT2D eigenvalue weighted by Crippen LogP contribution is 2.34. The van der Waals surface area contributed by atoms with Gasteiger partial charge in [-0.2, -0.15) is 0 Å². The Labute approximate surface area is 148 Å². The number of nitrogens with zero attached hydrogens (tertiary/aromatic N) is 2. The van der Waals surface area contributed by atoms with Crippen molar-refractivity contribution < 1.29 is 19.1 Å². The first kappa shape index (κ1) is 19.1. The van der Waals surface area contributed by atoms with Crippen LogP contribution in [-0.2, 0) is 9.53 Å². The summed E-state index contributed by atoms with van der Waals surface area (Å²) in [6.45, 7) is 4.01. The van der Waals surface area contributed by atoms with E-state index in [0.717, 1.165) is 11.4 Å². The molecule has 1 atom stereocenters. The summed E-state index contributed by atoms with van der Waals surface area (Å²) < 4.78 is 11.0. The highest BCUT2D eigenvalue weighted by Gasteiger charge is 2.27. The molecule has 25 heavy (non-hydrogen) atoms. The lowest BCUT2D eigenvalue weighted by atomic mass is 10.1. The topological polar surface area (TPSA) is 71.1 Å². The summed E-state index contributed by atoms with van der Waals surface area (Å²) in [5, 5.41) is 2.85. The molecule has 0 saturated heterocycles. The quantitative estimate of drug-likeness (QED) is 0.747. The second-order valence-electron chi connectivity index (χ2n) is 6.21. The molecule has 1 aliphatic rings. The molecule has 1 N–H and O–H groups in total. The van der Waals surface area contributed by atoms with Crippen LogP contribution in [0, 0.1) is 0 Å². The van der Waals surface area contributed by atoms with E-state index in [1.54, 1.807) is 26.2 Å². The third kappa shape index (κ3) is 4.85. The van der Waals surface area contributed by atoms with Crippen molar-refractivity contribution in [2.24, 2.45) is 0 Å². The summed E-state index contributed by atoms with van der Waals surface area (Å²) in [6, 6.07) is 5.30. The Kier molecular flexibility index (Phi) is 6.64. The van der Waals surface area contributed by atoms with Crippen LogP contribution in [0.5, 0.6) is 5.75 Å². The standard InChI is InChI=1S/C18H27N3O4/c1-5-24-9-8-19-17(22)11-14-12-25-16-7-6-13(18(23)20(2)3)10-15(16)21(14)4/h6-7,10,14H,5,8-9,11-12H2,1-4H3,(H,19,22). The van der Waals surface area contributed by atoms with Gasteiger partial charge >= 0.3 is 0 Å². The Morgan fingerprint density at radius 1 is 1.40 bits per heavy atom. The van der Waals surface area contributed by atoms with Crippen LogP contribution >= 0.6 is 0 Å². The summed E-state index contributed by atoms with van der Waals surface area (Å²) in [5.74, 6) is 0.627. The Morgan fingerprint density at radius 3 is 2.84 bits per heavy atom. The van der Waals surface area contributed by atoms with Crippen LogP contribution in [0.25, 0.3) is 0 Å². The number of nitrogens with one attached hydrogen (secondary N) is 1. The molecule has 138 valence electrons. The van der Waals surface area contributed by atoms with Crippen LogP contribution in [0.4, 0.5) is 5.69 Å². The van der Waals surface area contributed by atoms with Crippen LogP contribution < -0.4 is 15.0 Å². The fraction of sp³-hybridized carbons (Fsp3) is 0.556. The van der Waals surface area contributed by atoms with Crippen molar-refractivity contribution in [3.8, 4) is 5.75 Å². The fourth-order valence-electron chi connectivity index (χ4n) is 2.69. The molecule has 7 heteroatoms. The van der Waals surface area contributed by atoms with E-state index in [1.165, 1.54) is 4.90 Å². The number of ether oxygens (including phenoxy) is 2. The minimum atomic E-state index is -0.0794. The van der Waals surface area contributed by atoms with E-state index in [2.05, 4.69) is 5.32 Å². The first-order valence-electron chi connectivity index (χ1n) is 8.49. The highest BCUT2D eigenvalue weighted by molar-refractivity contribution is 5.95. The number of anilines is 1. The Balaban J connectivity index is 2.01. The monoisotopic (exact) mass is 349 g/mol. The van der Waals surface area contributed by atoms with E-state index in [-0.39, 0.29) is 17.9 Å². The molecule has 2 rings (SSSR count). The van der Waals surface area contributed by atoms with Crippen LogP contribution in [-0.4, -0.2) is 70.3 Å². The van der Waals surface area contributed by atoms with Crippen LogP contribution in [0.15, 0.2) is 18.2 Å². The second kappa shape index (κ2) is 8.71. The van der Waals surface area contributed by atoms with E-state index in [9.17, 15) is 9.59 Å². The van der Waals surface area contributed by atoms with E-state index in [1.807, 2.05) is 24.9 Å². The van der Waals surface area contributed by atoms with Gasteiger partial charge in [0.1, 0.15) is 12.4 Å². The lowest BCUT2D eigenvalue weighted by Crippen LogP contribution is -2.44. The third-order valence-electron chi connectivity index (χ3n) is 4.16. The largest absolute Gasteiger partial charge is 0.489 e. The van der Waals surface area contributed by atoms with E-state index in [4.69, 9.17) is 9.47 Å². The minimum absolute atomic E-state index is 0.0378. The van der Waals surface area contributed by atoms with Gasteiger partial charge in [-0.3, -0.25) is 9.59 Å². The molecule has 7 nitrogen and oxygen atoms in total. The van der Waals surface area contributed by atoms with Crippen molar-refractivity contribution in [1.82, 2.24) is 10.2 Å². The van der Waals surface area contributed by atoms with E-state index < -0.39 is 0 Å². The number of amides is 2. The highest BCUT2D eigenvalue weighted by atomic mass is 16.5. The van der Waals surface area contributed by atoms with Gasteiger partial charge in [0.2, 0.25) is 5.91 Å². The molecule has 0 radical (unpaired) electrons. The van der Waals surface area contributed by atoms with Gasteiger partial charge in [0.05, 0.1) is 24.8 Å². The van der Waals surface area contributed by atoms with Gasteiger partial charge in [0.25, 0.3) is 5.91 Å². The first-order valence-corrected chi connectivity index (χ1v) is 8.49. The molecular formula is C18H27N3O4. The van der Waals surface area contributed by atoms with Gasteiger partial charge < -0.3 is 24.6 Å². The number of carbonyl (C=O) groups is 2. The number of fused-ring (bicyclic) bond motifs is 1. The maximum atomic E-state index is 12.2. The summed E-state index contributed by atoms with van der Waals surface area (Å²) in [4.78, 5) is 27.8. The SMILES string of the molecule is CCOCCNC(=O)CC1COc2ccc(C(=O)N(C)C)cc2N1C. The summed E-state index contributed by atoms with van der Waals surface area (Å²) in [6.07, 6.45) is 0.327. The molecule has 1 heterocycles. The number of benzene rings is 1. The second-order valence-corrected chi connectivity index (χ2v) is 6.21.